The lowest BCUT2D eigenvalue weighted by Crippen LogP contribution is -2.32. The first-order valence-corrected chi connectivity index (χ1v) is 9.07. The first-order chi connectivity index (χ1) is 10.6. The predicted molar refractivity (Wildman–Crippen MR) is 92.2 cm³/mol. The Bertz CT molecular complexity index is 290. The number of ether oxygens (including phenoxy) is 3. The lowest BCUT2D eigenvalue weighted by atomic mass is 9.78. The Balaban J connectivity index is 2.01. The number of rotatable bonds is 12. The Morgan fingerprint density at radius 1 is 1.00 bits per heavy atom. The molecule has 0 aliphatic heterocycles. The van der Waals surface area contributed by atoms with Gasteiger partial charge >= 0.3 is 0 Å². The van der Waals surface area contributed by atoms with Gasteiger partial charge in [-0.15, -0.1) is 0 Å². The van der Waals surface area contributed by atoms with E-state index in [2.05, 4.69) is 27.4 Å². The Labute approximate surface area is 137 Å². The molecule has 1 aliphatic rings. The fourth-order valence-electron chi connectivity index (χ4n) is 3.08. The van der Waals surface area contributed by atoms with Gasteiger partial charge in [-0.1, -0.05) is 26.0 Å². The maximum atomic E-state index is 6.12. The molecule has 3 nitrogen and oxygen atoms in total. The minimum Gasteiger partial charge on any atom is -0.381 e. The van der Waals surface area contributed by atoms with Gasteiger partial charge in [-0.25, -0.2) is 0 Å². The van der Waals surface area contributed by atoms with Gasteiger partial charge in [0.15, 0.2) is 0 Å². The van der Waals surface area contributed by atoms with Gasteiger partial charge < -0.3 is 14.2 Å². The third kappa shape index (κ3) is 8.30. The van der Waals surface area contributed by atoms with Crippen molar-refractivity contribution >= 4 is 0 Å². The first kappa shape index (κ1) is 19.7. The highest BCUT2D eigenvalue weighted by Gasteiger charge is 2.29. The second kappa shape index (κ2) is 12.1. The van der Waals surface area contributed by atoms with Gasteiger partial charge in [0, 0.05) is 39.0 Å². The maximum Gasteiger partial charge on any atom is 0.0642 e. The molecule has 3 heteroatoms. The van der Waals surface area contributed by atoms with E-state index >= 15 is 0 Å². The van der Waals surface area contributed by atoms with Crippen LogP contribution in [0.5, 0.6) is 0 Å². The average Bonchev–Trinajstić information content (AvgIpc) is 2.49. The van der Waals surface area contributed by atoms with Crippen LogP contribution in [0.15, 0.2) is 12.2 Å². The quantitative estimate of drug-likeness (QED) is 0.389. The molecule has 0 amide bonds. The minimum absolute atomic E-state index is 0.365. The summed E-state index contributed by atoms with van der Waals surface area (Å²) in [5.41, 5.74) is 1.28. The highest BCUT2D eigenvalue weighted by molar-refractivity contribution is 5.02. The molecule has 1 rings (SSSR count). The van der Waals surface area contributed by atoms with E-state index in [4.69, 9.17) is 14.2 Å². The Morgan fingerprint density at radius 2 is 1.64 bits per heavy atom. The van der Waals surface area contributed by atoms with Gasteiger partial charge in [0.25, 0.3) is 0 Å². The van der Waals surface area contributed by atoms with Gasteiger partial charge in [-0.3, -0.25) is 0 Å². The fraction of sp³-hybridized carbons (Fsp3) is 0.895. The SMILES string of the molecule is C=C(C)C1CCC(C)CC1OCCCOCCCOCCC. The molecule has 1 saturated carbocycles. The number of hydrogen-bond acceptors (Lipinski definition) is 3. The molecule has 1 aliphatic carbocycles. The summed E-state index contributed by atoms with van der Waals surface area (Å²) < 4.78 is 17.2. The predicted octanol–water partition coefficient (Wildman–Crippen LogP) is 4.61. The smallest absolute Gasteiger partial charge is 0.0642 e. The van der Waals surface area contributed by atoms with E-state index in [1.165, 1.54) is 24.8 Å². The van der Waals surface area contributed by atoms with Crippen LogP contribution in [-0.4, -0.2) is 39.1 Å². The highest BCUT2D eigenvalue weighted by atomic mass is 16.5. The molecule has 0 bridgehead atoms. The summed E-state index contributed by atoms with van der Waals surface area (Å²) in [4.78, 5) is 0. The van der Waals surface area contributed by atoms with Crippen LogP contribution in [0.3, 0.4) is 0 Å². The zero-order valence-corrected chi connectivity index (χ0v) is 14.9. The van der Waals surface area contributed by atoms with E-state index in [0.717, 1.165) is 58.2 Å². The van der Waals surface area contributed by atoms with Crippen molar-refractivity contribution in [1.82, 2.24) is 0 Å². The third-order valence-electron chi connectivity index (χ3n) is 4.38. The summed E-state index contributed by atoms with van der Waals surface area (Å²) >= 11 is 0. The lowest BCUT2D eigenvalue weighted by Gasteiger charge is -2.35. The van der Waals surface area contributed by atoms with E-state index in [1.54, 1.807) is 0 Å². The molecule has 3 atom stereocenters. The van der Waals surface area contributed by atoms with Crippen LogP contribution in [-0.2, 0) is 14.2 Å². The maximum absolute atomic E-state index is 6.12. The molecular weight excluding hydrogens is 276 g/mol. The van der Waals surface area contributed by atoms with Crippen LogP contribution in [0, 0.1) is 11.8 Å². The number of hydrogen-bond donors (Lipinski definition) is 0. The van der Waals surface area contributed by atoms with Crippen molar-refractivity contribution in [2.45, 2.75) is 65.4 Å². The summed E-state index contributed by atoms with van der Waals surface area (Å²) in [5.74, 6) is 1.33. The third-order valence-corrected chi connectivity index (χ3v) is 4.38. The second-order valence-corrected chi connectivity index (χ2v) is 6.71. The van der Waals surface area contributed by atoms with Gasteiger partial charge in [0.2, 0.25) is 0 Å². The lowest BCUT2D eigenvalue weighted by molar-refractivity contribution is -0.0217. The zero-order valence-electron chi connectivity index (χ0n) is 14.9. The van der Waals surface area contributed by atoms with Crippen LogP contribution < -0.4 is 0 Å². The monoisotopic (exact) mass is 312 g/mol. The van der Waals surface area contributed by atoms with Crippen molar-refractivity contribution in [2.24, 2.45) is 11.8 Å². The van der Waals surface area contributed by atoms with Gasteiger partial charge in [-0.2, -0.15) is 0 Å². The Hall–Kier alpha value is -0.380. The molecule has 130 valence electrons. The first-order valence-electron chi connectivity index (χ1n) is 9.07. The van der Waals surface area contributed by atoms with Crippen molar-refractivity contribution in [3.8, 4) is 0 Å². The van der Waals surface area contributed by atoms with E-state index in [-0.39, 0.29) is 0 Å². The molecule has 0 spiro atoms. The van der Waals surface area contributed by atoms with Crippen LogP contribution in [0.2, 0.25) is 0 Å². The summed E-state index contributed by atoms with van der Waals surface area (Å²) in [7, 11) is 0. The Kier molecular flexibility index (Phi) is 10.8. The normalized spacial score (nSPS) is 25.3. The van der Waals surface area contributed by atoms with Crippen molar-refractivity contribution in [3.63, 3.8) is 0 Å². The molecule has 0 aromatic heterocycles. The largest absolute Gasteiger partial charge is 0.381 e. The van der Waals surface area contributed by atoms with Crippen molar-refractivity contribution in [3.05, 3.63) is 12.2 Å². The summed E-state index contributed by atoms with van der Waals surface area (Å²) in [6.07, 6.45) is 7.12. The highest BCUT2D eigenvalue weighted by Crippen LogP contribution is 2.34. The van der Waals surface area contributed by atoms with Crippen LogP contribution in [0.4, 0.5) is 0 Å². The summed E-state index contributed by atoms with van der Waals surface area (Å²) in [5, 5.41) is 0. The topological polar surface area (TPSA) is 27.7 Å². The van der Waals surface area contributed by atoms with Crippen LogP contribution in [0.25, 0.3) is 0 Å². The molecule has 0 N–H and O–H groups in total. The zero-order chi connectivity index (χ0) is 16.2. The second-order valence-electron chi connectivity index (χ2n) is 6.71. The molecule has 22 heavy (non-hydrogen) atoms. The molecule has 0 radical (unpaired) electrons. The van der Waals surface area contributed by atoms with Gasteiger partial charge in [0.05, 0.1) is 6.10 Å². The molecular formula is C19H36O3. The fourth-order valence-corrected chi connectivity index (χ4v) is 3.08. The van der Waals surface area contributed by atoms with Crippen molar-refractivity contribution in [1.29, 1.82) is 0 Å². The molecule has 0 aromatic rings. The Morgan fingerprint density at radius 3 is 2.27 bits per heavy atom. The molecule has 0 aromatic carbocycles. The summed E-state index contributed by atoms with van der Waals surface area (Å²) in [6, 6.07) is 0. The standard InChI is InChI=1S/C19H36O3/c1-5-10-20-11-6-12-21-13-7-14-22-19-15-17(4)8-9-18(19)16(2)3/h17-19H,2,5-15H2,1,3-4H3. The molecule has 0 heterocycles. The van der Waals surface area contributed by atoms with Crippen molar-refractivity contribution < 1.29 is 14.2 Å². The van der Waals surface area contributed by atoms with E-state index in [0.29, 0.717) is 12.0 Å². The van der Waals surface area contributed by atoms with E-state index in [1.807, 2.05) is 0 Å². The minimum atomic E-state index is 0.365. The van der Waals surface area contributed by atoms with Gasteiger partial charge in [-0.05, 0) is 51.4 Å². The van der Waals surface area contributed by atoms with Crippen molar-refractivity contribution in [2.75, 3.05) is 33.0 Å². The van der Waals surface area contributed by atoms with E-state index < -0.39 is 0 Å². The van der Waals surface area contributed by atoms with Crippen LogP contribution in [0.1, 0.15) is 59.3 Å². The summed E-state index contributed by atoms with van der Waals surface area (Å²) in [6.45, 7) is 14.8. The molecule has 0 saturated heterocycles. The van der Waals surface area contributed by atoms with E-state index in [9.17, 15) is 0 Å². The van der Waals surface area contributed by atoms with Gasteiger partial charge in [0.1, 0.15) is 0 Å². The average molecular weight is 312 g/mol. The molecule has 1 fully saturated rings. The van der Waals surface area contributed by atoms with Crippen LogP contribution >= 0.6 is 0 Å². The molecule has 3 unspecified atom stereocenters.